The molecule has 4 aromatic rings. The standard InChI is InChI=1S/C63H82N8O8.2ClH/c1-40(64-6)57(74)67-50(61(78)70-35-21-33-51(70)59(76)68-55(44-23-11-8-12-24-44)45-25-13-9-14-26-45)31-15-10-16-34-53(72)46-28-19-29-47(38-46)54(73)37-42-36-52(60(77)66-49-32-20-27-43-22-17-18-30-48(43)49)71(39-42)62(79)56(63(3,4)5)69-58(75)41(2)65-7;;/h8-9,11-14,17-19,22-26,28-30,38,40-42,49-52,55-56,64-65H,10,15-16,20-21,27,31-37,39H2,1-7H3,(H,66,77)(H,67,74)(H,68,76)(H,69,75);2*1H/t40-,41-,42+,49+,50-,51-,52-,56+;;/m0../s1. The first-order valence-corrected chi connectivity index (χ1v) is 28.4. The smallest absolute Gasteiger partial charge is 0.246 e. The van der Waals surface area contributed by atoms with Gasteiger partial charge in [0.1, 0.15) is 24.2 Å². The highest BCUT2D eigenvalue weighted by molar-refractivity contribution is 6.02. The fourth-order valence-electron chi connectivity index (χ4n) is 11.2. The molecule has 0 bridgehead atoms. The lowest BCUT2D eigenvalue weighted by atomic mass is 9.85. The van der Waals surface area contributed by atoms with Crippen LogP contribution >= 0.6 is 24.8 Å². The predicted octanol–water partition coefficient (Wildman–Crippen LogP) is 7.78. The summed E-state index contributed by atoms with van der Waals surface area (Å²) in [5.74, 6) is -2.68. The first kappa shape index (κ1) is 65.4. The second-order valence-corrected chi connectivity index (χ2v) is 22.8. The van der Waals surface area contributed by atoms with Gasteiger partial charge in [0.25, 0.3) is 0 Å². The van der Waals surface area contributed by atoms with Crippen LogP contribution in [0, 0.1) is 11.3 Å². The van der Waals surface area contributed by atoms with Gasteiger partial charge in [-0.05, 0) is 119 Å². The molecule has 0 unspecified atom stereocenters. The highest BCUT2D eigenvalue weighted by atomic mass is 35.5. The van der Waals surface area contributed by atoms with E-state index >= 15 is 0 Å². The van der Waals surface area contributed by atoms with E-state index in [1.165, 1.54) is 5.56 Å². The number of carbonyl (C=O) groups excluding carboxylic acids is 8. The molecule has 18 heteroatoms. The summed E-state index contributed by atoms with van der Waals surface area (Å²) in [7, 11) is 3.34. The number of aryl methyl sites for hydroxylation is 1. The zero-order chi connectivity index (χ0) is 56.8. The van der Waals surface area contributed by atoms with Crippen molar-refractivity contribution in [2.24, 2.45) is 11.3 Å². The summed E-state index contributed by atoms with van der Waals surface area (Å²) in [6, 6.07) is 28.9. The molecule has 0 aromatic heterocycles. The molecule has 0 radical (unpaired) electrons. The lowest BCUT2D eigenvalue weighted by Gasteiger charge is -2.36. The highest BCUT2D eigenvalue weighted by Crippen LogP contribution is 2.34. The number of likely N-dealkylation sites (tertiary alicyclic amines) is 2. The van der Waals surface area contributed by atoms with Gasteiger partial charge in [0, 0.05) is 37.1 Å². The van der Waals surface area contributed by atoms with E-state index in [0.29, 0.717) is 56.2 Å². The molecule has 6 N–H and O–H groups in total. The van der Waals surface area contributed by atoms with Crippen molar-refractivity contribution >= 4 is 71.8 Å². The summed E-state index contributed by atoms with van der Waals surface area (Å²) in [5.41, 5.74) is 4.12. The van der Waals surface area contributed by atoms with Gasteiger partial charge >= 0.3 is 0 Å². The summed E-state index contributed by atoms with van der Waals surface area (Å²) in [5, 5.41) is 18.2. The van der Waals surface area contributed by atoms with Crippen molar-refractivity contribution < 1.29 is 38.4 Å². The molecule has 3 aliphatic rings. The number of nitrogens with one attached hydrogen (secondary N) is 6. The zero-order valence-corrected chi connectivity index (χ0v) is 49.6. The molecule has 0 saturated carbocycles. The molecule has 438 valence electrons. The number of likely N-dealkylation sites (N-methyl/N-ethyl adjacent to an activating group) is 2. The number of hydrogen-bond acceptors (Lipinski definition) is 10. The van der Waals surface area contributed by atoms with Crippen molar-refractivity contribution in [3.8, 4) is 0 Å². The van der Waals surface area contributed by atoms with Gasteiger partial charge in [0.15, 0.2) is 11.6 Å². The molecule has 0 spiro atoms. The summed E-state index contributed by atoms with van der Waals surface area (Å²) >= 11 is 0. The monoisotopic (exact) mass is 1150 g/mol. The minimum absolute atomic E-state index is 0. The second kappa shape index (κ2) is 30.6. The third kappa shape index (κ3) is 17.1. The minimum Gasteiger partial charge on any atom is -0.347 e. The van der Waals surface area contributed by atoms with Crippen LogP contribution in [0.1, 0.15) is 160 Å². The van der Waals surface area contributed by atoms with Crippen LogP contribution in [-0.4, -0.2) is 120 Å². The summed E-state index contributed by atoms with van der Waals surface area (Å²) < 4.78 is 0. The van der Waals surface area contributed by atoms with E-state index in [0.717, 1.165) is 36.0 Å². The molecule has 6 amide bonds. The number of halogens is 2. The molecular weight excluding hydrogens is 1070 g/mol. The Labute approximate surface area is 490 Å². The SMILES string of the molecule is CN[C@@H](C)C(=O)N[C@@H](CCCCCC(=O)c1cccc(C(=O)C[C@H]2C[C@@H](C(=O)N[C@@H]3CCCc4ccccc43)N(C(=O)[C@@H](NC(=O)[C@H](C)NC)C(C)(C)C)C2)c1)C(=O)N1CCC[C@H]1C(=O)NC(c1ccccc1)c1ccccc1.Cl.Cl. The van der Waals surface area contributed by atoms with Crippen molar-refractivity contribution in [3.05, 3.63) is 143 Å². The van der Waals surface area contributed by atoms with Crippen LogP contribution in [0.25, 0.3) is 0 Å². The Hall–Kier alpha value is -6.46. The summed E-state index contributed by atoms with van der Waals surface area (Å²) in [6.07, 6.45) is 6.11. The van der Waals surface area contributed by atoms with E-state index in [1.54, 1.807) is 62.0 Å². The van der Waals surface area contributed by atoms with Crippen LogP contribution in [0.15, 0.2) is 109 Å². The van der Waals surface area contributed by atoms with Gasteiger partial charge in [-0.2, -0.15) is 0 Å². The van der Waals surface area contributed by atoms with E-state index in [-0.39, 0.29) is 110 Å². The third-order valence-electron chi connectivity index (χ3n) is 16.1. The number of ketones is 2. The third-order valence-corrected chi connectivity index (χ3v) is 16.1. The van der Waals surface area contributed by atoms with Crippen LogP contribution in [-0.2, 0) is 35.2 Å². The Morgan fingerprint density at radius 2 is 1.22 bits per heavy atom. The van der Waals surface area contributed by atoms with Gasteiger partial charge < -0.3 is 41.7 Å². The summed E-state index contributed by atoms with van der Waals surface area (Å²) in [4.78, 5) is 115. The Bertz CT molecular complexity index is 2760. The van der Waals surface area contributed by atoms with Gasteiger partial charge in [-0.1, -0.05) is 137 Å². The summed E-state index contributed by atoms with van der Waals surface area (Å²) in [6.45, 7) is 9.54. The Morgan fingerprint density at radius 1 is 0.617 bits per heavy atom. The van der Waals surface area contributed by atoms with Crippen LogP contribution in [0.5, 0.6) is 0 Å². The lowest BCUT2D eigenvalue weighted by Crippen LogP contribution is -2.59. The van der Waals surface area contributed by atoms with E-state index < -0.39 is 47.7 Å². The highest BCUT2D eigenvalue weighted by Gasteiger charge is 2.46. The fourth-order valence-corrected chi connectivity index (χ4v) is 11.2. The average molecular weight is 1150 g/mol. The molecule has 2 fully saturated rings. The molecule has 2 saturated heterocycles. The van der Waals surface area contributed by atoms with E-state index in [1.807, 2.05) is 99.6 Å². The number of benzene rings is 4. The van der Waals surface area contributed by atoms with Crippen molar-refractivity contribution in [1.82, 2.24) is 41.7 Å². The number of amides is 6. The first-order valence-electron chi connectivity index (χ1n) is 28.4. The normalized spacial score (nSPS) is 19.1. The molecule has 2 heterocycles. The van der Waals surface area contributed by atoms with E-state index in [2.05, 4.69) is 38.0 Å². The van der Waals surface area contributed by atoms with Gasteiger partial charge in [0.2, 0.25) is 35.4 Å². The van der Waals surface area contributed by atoms with E-state index in [4.69, 9.17) is 0 Å². The number of carbonyl (C=O) groups is 8. The van der Waals surface area contributed by atoms with Crippen molar-refractivity contribution in [3.63, 3.8) is 0 Å². The van der Waals surface area contributed by atoms with Crippen molar-refractivity contribution in [2.45, 2.75) is 160 Å². The van der Waals surface area contributed by atoms with Gasteiger partial charge in [-0.3, -0.25) is 38.4 Å². The minimum atomic E-state index is -0.946. The predicted molar refractivity (Wildman–Crippen MR) is 319 cm³/mol. The molecule has 7 rings (SSSR count). The van der Waals surface area contributed by atoms with Gasteiger partial charge in [0.05, 0.1) is 24.2 Å². The van der Waals surface area contributed by atoms with E-state index in [9.17, 15) is 38.4 Å². The van der Waals surface area contributed by atoms with Crippen LogP contribution in [0.2, 0.25) is 0 Å². The molecule has 1 aliphatic carbocycles. The Balaban J connectivity index is 0.00000602. The van der Waals surface area contributed by atoms with Gasteiger partial charge in [-0.25, -0.2) is 0 Å². The molecule has 2 aliphatic heterocycles. The number of Topliss-reactive ketones (excluding diaryl/α,β-unsaturated/α-hetero) is 2. The topological polar surface area (TPSA) is 215 Å². The maximum absolute atomic E-state index is 14.7. The maximum atomic E-state index is 14.7. The molecular formula is C63H84Cl2N8O8. The van der Waals surface area contributed by atoms with Gasteiger partial charge in [-0.15, -0.1) is 24.8 Å². The van der Waals surface area contributed by atoms with Crippen molar-refractivity contribution in [1.29, 1.82) is 0 Å². The maximum Gasteiger partial charge on any atom is 0.246 e. The number of unbranched alkanes of at least 4 members (excludes halogenated alkanes) is 2. The Kier molecular flexibility index (Phi) is 24.7. The van der Waals surface area contributed by atoms with Crippen LogP contribution in [0.3, 0.4) is 0 Å². The quantitative estimate of drug-likeness (QED) is 0.0296. The van der Waals surface area contributed by atoms with Crippen LogP contribution in [0.4, 0.5) is 0 Å². The zero-order valence-electron chi connectivity index (χ0n) is 48.0. The largest absolute Gasteiger partial charge is 0.347 e. The number of rotatable bonds is 24. The van der Waals surface area contributed by atoms with Crippen molar-refractivity contribution in [2.75, 3.05) is 27.2 Å². The number of fused-ring (bicyclic) bond motifs is 1. The Morgan fingerprint density at radius 3 is 1.85 bits per heavy atom. The molecule has 8 atom stereocenters. The van der Waals surface area contributed by atoms with Crippen LogP contribution < -0.4 is 31.9 Å². The number of hydrogen-bond donors (Lipinski definition) is 6. The fraction of sp³-hybridized carbons (Fsp3) is 0.492. The number of nitrogens with zero attached hydrogens (tertiary/aromatic N) is 2. The first-order chi connectivity index (χ1) is 37.9. The second-order valence-electron chi connectivity index (χ2n) is 22.8. The molecule has 81 heavy (non-hydrogen) atoms. The molecule has 16 nitrogen and oxygen atoms in total. The average Bonchev–Trinajstić information content (AvgIpc) is 4.17. The lowest BCUT2D eigenvalue weighted by molar-refractivity contribution is -0.144. The molecule has 4 aromatic carbocycles.